The molecule has 0 bridgehead atoms. The maximum Gasteiger partial charge on any atom is 0.118 e. The summed E-state index contributed by atoms with van der Waals surface area (Å²) >= 11 is 0. The molecule has 0 saturated carbocycles. The highest BCUT2D eigenvalue weighted by Crippen LogP contribution is 2.20. The maximum atomic E-state index is 9.87. The Morgan fingerprint density at radius 3 is 2.83 bits per heavy atom. The number of aryl methyl sites for hydroxylation is 1. The van der Waals surface area contributed by atoms with Crippen molar-refractivity contribution < 1.29 is 14.6 Å². The summed E-state index contributed by atoms with van der Waals surface area (Å²) in [5.41, 5.74) is 0. The number of aliphatic hydroxyl groups excluding tert-OH is 2. The van der Waals surface area contributed by atoms with Gasteiger partial charge in [0.1, 0.15) is 11.5 Å². The highest BCUT2D eigenvalue weighted by molar-refractivity contribution is 5.07. The van der Waals surface area contributed by atoms with E-state index < -0.39 is 6.10 Å². The van der Waals surface area contributed by atoms with Crippen LogP contribution in [0.2, 0.25) is 0 Å². The Morgan fingerprint density at radius 2 is 2.17 bits per heavy atom. The number of piperidine rings is 1. The fraction of sp³-hybridized carbons (Fsp3) is 0.714. The van der Waals surface area contributed by atoms with Crippen LogP contribution < -0.4 is 0 Å². The zero-order valence-electron chi connectivity index (χ0n) is 11.0. The van der Waals surface area contributed by atoms with Gasteiger partial charge in [0, 0.05) is 25.5 Å². The van der Waals surface area contributed by atoms with Crippen molar-refractivity contribution in [2.75, 3.05) is 19.7 Å². The Kier molecular flexibility index (Phi) is 4.80. The molecule has 2 rings (SSSR count). The molecule has 1 aliphatic rings. The van der Waals surface area contributed by atoms with Gasteiger partial charge < -0.3 is 14.6 Å². The Labute approximate surface area is 108 Å². The second-order valence-corrected chi connectivity index (χ2v) is 5.15. The average molecular weight is 253 g/mol. The van der Waals surface area contributed by atoms with Crippen LogP contribution in [0.3, 0.4) is 0 Å². The molecule has 4 heteroatoms. The number of aliphatic hydroxyl groups is 2. The smallest absolute Gasteiger partial charge is 0.118 e. The molecule has 1 saturated heterocycles. The summed E-state index contributed by atoms with van der Waals surface area (Å²) in [4.78, 5) is 2.19. The highest BCUT2D eigenvalue weighted by atomic mass is 16.3. The molecule has 2 N–H and O–H groups in total. The molecule has 18 heavy (non-hydrogen) atoms. The maximum absolute atomic E-state index is 9.87. The summed E-state index contributed by atoms with van der Waals surface area (Å²) in [6, 6.07) is 4.06. The van der Waals surface area contributed by atoms with E-state index in [0.29, 0.717) is 6.54 Å². The first-order valence-electron chi connectivity index (χ1n) is 6.81. The third kappa shape index (κ3) is 3.34. The van der Waals surface area contributed by atoms with Gasteiger partial charge in [-0.2, -0.15) is 0 Å². The monoisotopic (exact) mass is 253 g/mol. The molecule has 0 aromatic carbocycles. The third-order valence-corrected chi connectivity index (χ3v) is 3.63. The topological polar surface area (TPSA) is 56.8 Å². The van der Waals surface area contributed by atoms with E-state index in [0.717, 1.165) is 43.9 Å². The number of β-amino-alcohol motifs (C(OH)–C–C–N with tert-alkyl or cyclic N) is 1. The van der Waals surface area contributed by atoms with Crippen molar-refractivity contribution in [3.8, 4) is 0 Å². The number of rotatable bonds is 5. The van der Waals surface area contributed by atoms with Crippen molar-refractivity contribution in [3.05, 3.63) is 23.7 Å². The molecule has 1 aromatic rings. The first kappa shape index (κ1) is 13.6. The van der Waals surface area contributed by atoms with Gasteiger partial charge in [0.05, 0.1) is 12.6 Å². The summed E-state index contributed by atoms with van der Waals surface area (Å²) in [7, 11) is 0. The van der Waals surface area contributed by atoms with Gasteiger partial charge in [0.25, 0.3) is 0 Å². The number of hydrogen-bond donors (Lipinski definition) is 2. The van der Waals surface area contributed by atoms with Crippen molar-refractivity contribution in [2.24, 2.45) is 5.92 Å². The van der Waals surface area contributed by atoms with Crippen molar-refractivity contribution in [3.63, 3.8) is 0 Å². The largest absolute Gasteiger partial charge is 0.465 e. The van der Waals surface area contributed by atoms with E-state index in [4.69, 9.17) is 9.52 Å². The van der Waals surface area contributed by atoms with E-state index in [-0.39, 0.29) is 12.5 Å². The van der Waals surface area contributed by atoms with Gasteiger partial charge in [-0.15, -0.1) is 0 Å². The minimum atomic E-state index is -0.422. The van der Waals surface area contributed by atoms with Crippen LogP contribution in [0.5, 0.6) is 0 Å². The van der Waals surface area contributed by atoms with E-state index >= 15 is 0 Å². The molecule has 0 unspecified atom stereocenters. The van der Waals surface area contributed by atoms with Crippen molar-refractivity contribution in [2.45, 2.75) is 38.8 Å². The van der Waals surface area contributed by atoms with Crippen LogP contribution in [0.25, 0.3) is 0 Å². The molecular weight excluding hydrogens is 230 g/mol. The molecule has 1 fully saturated rings. The fourth-order valence-electron chi connectivity index (χ4n) is 2.51. The highest BCUT2D eigenvalue weighted by Gasteiger charge is 2.27. The molecule has 0 aliphatic carbocycles. The van der Waals surface area contributed by atoms with E-state index in [1.54, 1.807) is 0 Å². The lowest BCUT2D eigenvalue weighted by Crippen LogP contribution is -2.44. The van der Waals surface area contributed by atoms with E-state index in [1.165, 1.54) is 0 Å². The second kappa shape index (κ2) is 6.36. The number of hydrogen-bond acceptors (Lipinski definition) is 4. The van der Waals surface area contributed by atoms with Crippen LogP contribution in [-0.4, -0.2) is 40.9 Å². The summed E-state index contributed by atoms with van der Waals surface area (Å²) in [6.45, 7) is 4.49. The number of nitrogens with zero attached hydrogens (tertiary/aromatic N) is 1. The number of likely N-dealkylation sites (tertiary alicyclic amines) is 1. The fourth-order valence-corrected chi connectivity index (χ4v) is 2.51. The molecule has 0 amide bonds. The van der Waals surface area contributed by atoms with E-state index in [9.17, 15) is 5.11 Å². The van der Waals surface area contributed by atoms with Crippen LogP contribution in [0.1, 0.15) is 31.3 Å². The summed E-state index contributed by atoms with van der Waals surface area (Å²) < 4.78 is 5.74. The van der Waals surface area contributed by atoms with Crippen molar-refractivity contribution in [1.82, 2.24) is 4.90 Å². The van der Waals surface area contributed by atoms with Gasteiger partial charge >= 0.3 is 0 Å². The Morgan fingerprint density at radius 1 is 1.39 bits per heavy atom. The zero-order chi connectivity index (χ0) is 13.0. The van der Waals surface area contributed by atoms with Crippen molar-refractivity contribution >= 4 is 0 Å². The van der Waals surface area contributed by atoms with Crippen LogP contribution in [0.4, 0.5) is 0 Å². The molecular formula is C14H23NO3. The van der Waals surface area contributed by atoms with Crippen LogP contribution in [0, 0.1) is 5.92 Å². The van der Waals surface area contributed by atoms with Crippen LogP contribution in [0.15, 0.2) is 16.5 Å². The first-order valence-corrected chi connectivity index (χ1v) is 6.81. The second-order valence-electron chi connectivity index (χ2n) is 5.15. The molecule has 1 aliphatic heterocycles. The van der Waals surface area contributed by atoms with Crippen molar-refractivity contribution in [1.29, 1.82) is 0 Å². The Hall–Kier alpha value is -0.840. The molecule has 0 spiro atoms. The van der Waals surface area contributed by atoms with E-state index in [1.807, 2.05) is 12.1 Å². The zero-order valence-corrected chi connectivity index (χ0v) is 11.0. The third-order valence-electron chi connectivity index (χ3n) is 3.63. The molecule has 4 nitrogen and oxygen atoms in total. The first-order chi connectivity index (χ1) is 8.72. The van der Waals surface area contributed by atoms with E-state index in [2.05, 4.69) is 11.8 Å². The molecule has 2 heterocycles. The molecule has 1 aromatic heterocycles. The average Bonchev–Trinajstić information content (AvgIpc) is 2.77. The summed E-state index contributed by atoms with van der Waals surface area (Å²) in [6.07, 6.45) is 2.50. The van der Waals surface area contributed by atoms with Crippen LogP contribution in [-0.2, 0) is 13.0 Å². The number of furan rings is 1. The lowest BCUT2D eigenvalue weighted by Gasteiger charge is -2.34. The van der Waals surface area contributed by atoms with Gasteiger partial charge in [-0.1, -0.05) is 6.92 Å². The standard InChI is InChI=1S/C14H23NO3/c1-2-3-12-4-5-13(18-12)8-15-7-6-11(10-16)14(17)9-15/h4-5,11,14,16-17H,2-3,6-10H2,1H3/t11-,14+/m0/s1. The van der Waals surface area contributed by atoms with Gasteiger partial charge in [0.15, 0.2) is 0 Å². The molecule has 2 atom stereocenters. The Balaban J connectivity index is 1.86. The lowest BCUT2D eigenvalue weighted by molar-refractivity contribution is -0.00628. The summed E-state index contributed by atoms with van der Waals surface area (Å²) in [5.74, 6) is 2.04. The van der Waals surface area contributed by atoms with Gasteiger partial charge in [-0.3, -0.25) is 4.90 Å². The summed E-state index contributed by atoms with van der Waals surface area (Å²) in [5, 5.41) is 19.0. The predicted molar refractivity (Wildman–Crippen MR) is 69.2 cm³/mol. The van der Waals surface area contributed by atoms with Gasteiger partial charge in [-0.05, 0) is 31.5 Å². The predicted octanol–water partition coefficient (Wildman–Crippen LogP) is 1.41. The van der Waals surface area contributed by atoms with Crippen LogP contribution >= 0.6 is 0 Å². The SMILES string of the molecule is CCCc1ccc(CN2CC[C@@H](CO)[C@H](O)C2)o1. The molecule has 0 radical (unpaired) electrons. The minimum absolute atomic E-state index is 0.0357. The molecule has 102 valence electrons. The quantitative estimate of drug-likeness (QED) is 0.833. The normalized spacial score (nSPS) is 25.5. The van der Waals surface area contributed by atoms with Gasteiger partial charge in [0.2, 0.25) is 0 Å². The Bertz CT molecular complexity index is 364. The lowest BCUT2D eigenvalue weighted by atomic mass is 9.95. The van der Waals surface area contributed by atoms with Gasteiger partial charge in [-0.25, -0.2) is 0 Å². The minimum Gasteiger partial charge on any atom is -0.465 e.